The van der Waals surface area contributed by atoms with Crippen molar-refractivity contribution >= 4 is 21.9 Å². The third kappa shape index (κ3) is 3.91. The zero-order chi connectivity index (χ0) is 21.4. The maximum Gasteiger partial charge on any atom is 0.336 e. The number of hydrogen-bond acceptors (Lipinski definition) is 5. The van der Waals surface area contributed by atoms with Gasteiger partial charge in [0, 0.05) is 18.0 Å². The van der Waals surface area contributed by atoms with Crippen LogP contribution in [0.15, 0.2) is 56.5 Å². The molecule has 0 bridgehead atoms. The monoisotopic (exact) mass is 403 g/mol. The summed E-state index contributed by atoms with van der Waals surface area (Å²) in [4.78, 5) is 33.9. The Kier molecular flexibility index (Phi) is 5.26. The average Bonchev–Trinajstić information content (AvgIpc) is 2.67. The molecule has 4 aromatic rings. The van der Waals surface area contributed by atoms with Gasteiger partial charge in [-0.15, -0.1) is 0 Å². The standard InChI is InChI=1S/C24H25N3O3/c1-14(2)18-11-19-16(10-23(28)30-21(19)9-15(18)3)12-27(4)13-22-25-20-8-6-5-7-17(20)24(29)26-22/h5-11,14H,12-13H2,1-4H3,(H,25,26,29). The normalized spacial score (nSPS) is 11.8. The molecule has 2 aromatic carbocycles. The van der Waals surface area contributed by atoms with E-state index in [1.165, 1.54) is 5.56 Å². The van der Waals surface area contributed by atoms with Crippen molar-refractivity contribution in [2.75, 3.05) is 7.05 Å². The molecule has 0 aliphatic carbocycles. The first kappa shape index (κ1) is 20.0. The molecule has 0 fully saturated rings. The first-order chi connectivity index (χ1) is 14.3. The van der Waals surface area contributed by atoms with E-state index in [1.54, 1.807) is 12.1 Å². The molecule has 0 atom stereocenters. The number of aromatic nitrogens is 2. The lowest BCUT2D eigenvalue weighted by Crippen LogP contribution is -2.22. The molecule has 154 valence electrons. The van der Waals surface area contributed by atoms with Crippen LogP contribution >= 0.6 is 0 Å². The van der Waals surface area contributed by atoms with Crippen molar-refractivity contribution in [1.82, 2.24) is 14.9 Å². The van der Waals surface area contributed by atoms with Gasteiger partial charge in [0.05, 0.1) is 17.4 Å². The third-order valence-electron chi connectivity index (χ3n) is 5.36. The lowest BCUT2D eigenvalue weighted by Gasteiger charge is -2.18. The quantitative estimate of drug-likeness (QED) is 0.508. The zero-order valence-corrected chi connectivity index (χ0v) is 17.7. The minimum Gasteiger partial charge on any atom is -0.423 e. The Bertz CT molecular complexity index is 1350. The number of H-pyrrole nitrogens is 1. The van der Waals surface area contributed by atoms with E-state index in [2.05, 4.69) is 29.9 Å². The van der Waals surface area contributed by atoms with Gasteiger partial charge in [-0.05, 0) is 60.8 Å². The SMILES string of the molecule is Cc1cc2oc(=O)cc(CN(C)Cc3nc4ccccc4c(=O)[nH]3)c2cc1C(C)C. The summed E-state index contributed by atoms with van der Waals surface area (Å²) >= 11 is 0. The summed E-state index contributed by atoms with van der Waals surface area (Å²) in [5, 5.41) is 1.52. The van der Waals surface area contributed by atoms with Gasteiger partial charge in [0.1, 0.15) is 11.4 Å². The predicted octanol–water partition coefficient (Wildman–Crippen LogP) is 4.09. The van der Waals surface area contributed by atoms with Gasteiger partial charge in [0.2, 0.25) is 0 Å². The summed E-state index contributed by atoms with van der Waals surface area (Å²) in [5.74, 6) is 0.964. The molecular formula is C24H25N3O3. The fourth-order valence-electron chi connectivity index (χ4n) is 3.96. The van der Waals surface area contributed by atoms with Gasteiger partial charge in [-0.3, -0.25) is 9.69 Å². The van der Waals surface area contributed by atoms with Crippen LogP contribution in [0.25, 0.3) is 21.9 Å². The smallest absolute Gasteiger partial charge is 0.336 e. The molecule has 0 spiro atoms. The Balaban J connectivity index is 1.67. The van der Waals surface area contributed by atoms with Crippen molar-refractivity contribution < 1.29 is 4.42 Å². The van der Waals surface area contributed by atoms with Crippen LogP contribution in [0.4, 0.5) is 0 Å². The Morgan fingerprint density at radius 1 is 1.07 bits per heavy atom. The molecule has 6 nitrogen and oxygen atoms in total. The predicted molar refractivity (Wildman–Crippen MR) is 119 cm³/mol. The van der Waals surface area contributed by atoms with Crippen LogP contribution in [0.3, 0.4) is 0 Å². The van der Waals surface area contributed by atoms with Gasteiger partial charge in [0.15, 0.2) is 0 Å². The molecule has 0 radical (unpaired) electrons. The van der Waals surface area contributed by atoms with E-state index in [4.69, 9.17) is 4.42 Å². The average molecular weight is 403 g/mol. The van der Waals surface area contributed by atoms with E-state index in [0.717, 1.165) is 16.5 Å². The molecule has 6 heteroatoms. The summed E-state index contributed by atoms with van der Waals surface area (Å²) < 4.78 is 5.45. The van der Waals surface area contributed by atoms with Crippen LogP contribution in [0, 0.1) is 6.92 Å². The molecule has 1 N–H and O–H groups in total. The largest absolute Gasteiger partial charge is 0.423 e. The molecular weight excluding hydrogens is 378 g/mol. The molecule has 2 aromatic heterocycles. The highest BCUT2D eigenvalue weighted by atomic mass is 16.4. The van der Waals surface area contributed by atoms with Crippen molar-refractivity contribution in [3.05, 3.63) is 85.8 Å². The Hall–Kier alpha value is -3.25. The molecule has 4 rings (SSSR count). The fourth-order valence-corrected chi connectivity index (χ4v) is 3.96. The second kappa shape index (κ2) is 7.88. The molecule has 0 saturated carbocycles. The summed E-state index contributed by atoms with van der Waals surface area (Å²) in [5.41, 5.74) is 4.02. The van der Waals surface area contributed by atoms with E-state index >= 15 is 0 Å². The summed E-state index contributed by atoms with van der Waals surface area (Å²) in [6, 6.07) is 12.9. The Morgan fingerprint density at radius 3 is 2.60 bits per heavy atom. The number of nitrogens with zero attached hydrogens (tertiary/aromatic N) is 2. The summed E-state index contributed by atoms with van der Waals surface area (Å²) in [6.45, 7) is 7.32. The first-order valence-corrected chi connectivity index (χ1v) is 10.1. The Morgan fingerprint density at radius 2 is 1.83 bits per heavy atom. The van der Waals surface area contributed by atoms with Crippen LogP contribution in [-0.2, 0) is 13.1 Å². The van der Waals surface area contributed by atoms with E-state index in [-0.39, 0.29) is 11.2 Å². The van der Waals surface area contributed by atoms with Crippen molar-refractivity contribution in [3.8, 4) is 0 Å². The molecule has 0 amide bonds. The van der Waals surface area contributed by atoms with E-state index in [9.17, 15) is 9.59 Å². The van der Waals surface area contributed by atoms with Gasteiger partial charge in [-0.25, -0.2) is 9.78 Å². The molecule has 0 saturated heterocycles. The second-order valence-corrected chi connectivity index (χ2v) is 8.15. The van der Waals surface area contributed by atoms with Gasteiger partial charge >= 0.3 is 5.63 Å². The molecule has 30 heavy (non-hydrogen) atoms. The van der Waals surface area contributed by atoms with Crippen molar-refractivity contribution in [1.29, 1.82) is 0 Å². The summed E-state index contributed by atoms with van der Waals surface area (Å²) in [6.07, 6.45) is 0. The number of rotatable bonds is 5. The Labute approximate surface area is 174 Å². The maximum absolute atomic E-state index is 12.3. The first-order valence-electron chi connectivity index (χ1n) is 10.1. The minimum absolute atomic E-state index is 0.146. The van der Waals surface area contributed by atoms with Crippen LogP contribution in [0.5, 0.6) is 0 Å². The number of nitrogens with one attached hydrogen (secondary N) is 1. The van der Waals surface area contributed by atoms with Gasteiger partial charge in [-0.2, -0.15) is 0 Å². The van der Waals surface area contributed by atoms with Crippen LogP contribution < -0.4 is 11.2 Å². The fraction of sp³-hybridized carbons (Fsp3) is 0.292. The van der Waals surface area contributed by atoms with Crippen molar-refractivity contribution in [2.45, 2.75) is 39.8 Å². The van der Waals surface area contributed by atoms with Crippen molar-refractivity contribution in [2.24, 2.45) is 0 Å². The van der Waals surface area contributed by atoms with E-state index < -0.39 is 0 Å². The number of fused-ring (bicyclic) bond motifs is 2. The highest BCUT2D eigenvalue weighted by Gasteiger charge is 2.14. The van der Waals surface area contributed by atoms with Gasteiger partial charge < -0.3 is 9.40 Å². The lowest BCUT2D eigenvalue weighted by atomic mass is 9.95. The third-order valence-corrected chi connectivity index (χ3v) is 5.36. The molecule has 0 unspecified atom stereocenters. The summed E-state index contributed by atoms with van der Waals surface area (Å²) in [7, 11) is 1.94. The highest BCUT2D eigenvalue weighted by Crippen LogP contribution is 2.27. The number of hydrogen-bond donors (Lipinski definition) is 1. The molecule has 0 aliphatic heterocycles. The second-order valence-electron chi connectivity index (χ2n) is 8.15. The topological polar surface area (TPSA) is 79.2 Å². The maximum atomic E-state index is 12.3. The molecule has 2 heterocycles. The molecule has 0 aliphatic rings. The number of benzene rings is 2. The number of aryl methyl sites for hydroxylation is 1. The number of para-hydroxylation sites is 1. The van der Waals surface area contributed by atoms with E-state index in [1.807, 2.05) is 43.1 Å². The van der Waals surface area contributed by atoms with Crippen LogP contribution in [-0.4, -0.2) is 21.9 Å². The van der Waals surface area contributed by atoms with Gasteiger partial charge in [-0.1, -0.05) is 26.0 Å². The lowest BCUT2D eigenvalue weighted by molar-refractivity contribution is 0.311. The zero-order valence-electron chi connectivity index (χ0n) is 17.7. The van der Waals surface area contributed by atoms with E-state index in [0.29, 0.717) is 41.3 Å². The van der Waals surface area contributed by atoms with Gasteiger partial charge in [0.25, 0.3) is 5.56 Å². The van der Waals surface area contributed by atoms with Crippen molar-refractivity contribution in [3.63, 3.8) is 0 Å². The van der Waals surface area contributed by atoms with Crippen LogP contribution in [0.2, 0.25) is 0 Å². The minimum atomic E-state index is -0.361. The number of aromatic amines is 1. The highest BCUT2D eigenvalue weighted by molar-refractivity contribution is 5.82. The van der Waals surface area contributed by atoms with Crippen LogP contribution in [0.1, 0.15) is 42.3 Å².